The zero-order valence-corrected chi connectivity index (χ0v) is 11.2. The summed E-state index contributed by atoms with van der Waals surface area (Å²) >= 11 is 0. The van der Waals surface area contributed by atoms with Crippen LogP contribution in [0.5, 0.6) is 0 Å². The zero-order valence-electron chi connectivity index (χ0n) is 9.57. The number of hydrogen-bond donors (Lipinski definition) is 2. The summed E-state index contributed by atoms with van der Waals surface area (Å²) in [5.41, 5.74) is 5.03. The van der Waals surface area contributed by atoms with Crippen molar-refractivity contribution in [1.29, 1.82) is 0 Å². The summed E-state index contributed by atoms with van der Waals surface area (Å²) in [7, 11) is -3.76. The van der Waals surface area contributed by atoms with Crippen LogP contribution in [0.25, 0.3) is 0 Å². The lowest BCUT2D eigenvalue weighted by molar-refractivity contribution is -0.385. The van der Waals surface area contributed by atoms with Gasteiger partial charge in [-0.1, -0.05) is 6.07 Å². The molecule has 1 atom stereocenters. The minimum atomic E-state index is -3.76. The molecule has 0 radical (unpaired) electrons. The van der Waals surface area contributed by atoms with Crippen molar-refractivity contribution >= 4 is 28.1 Å². The predicted octanol–water partition coefficient (Wildman–Crippen LogP) is 0.642. The molecule has 0 bridgehead atoms. The second-order valence-electron chi connectivity index (χ2n) is 3.51. The van der Waals surface area contributed by atoms with Gasteiger partial charge < -0.3 is 5.73 Å². The highest BCUT2D eigenvalue weighted by molar-refractivity contribution is 7.89. The second kappa shape index (κ2) is 6.64. The number of sulfonamides is 1. The molecule has 0 aliphatic heterocycles. The Morgan fingerprint density at radius 2 is 2.11 bits per heavy atom. The molecule has 0 aliphatic rings. The van der Waals surface area contributed by atoms with Crippen molar-refractivity contribution in [2.24, 2.45) is 5.73 Å². The molecule has 1 aromatic rings. The van der Waals surface area contributed by atoms with Gasteiger partial charge in [0.05, 0.1) is 9.82 Å². The fourth-order valence-corrected chi connectivity index (χ4v) is 2.44. The first-order valence-corrected chi connectivity index (χ1v) is 6.32. The maximum Gasteiger partial charge on any atom is 0.270 e. The molecular formula is C9H14ClN3O4S. The lowest BCUT2D eigenvalue weighted by Crippen LogP contribution is -2.37. The van der Waals surface area contributed by atoms with Gasteiger partial charge >= 0.3 is 0 Å². The Morgan fingerprint density at radius 1 is 1.50 bits per heavy atom. The second-order valence-corrected chi connectivity index (χ2v) is 5.23. The number of nitrogens with one attached hydrogen (secondary N) is 1. The molecule has 0 aromatic heterocycles. The summed E-state index contributed by atoms with van der Waals surface area (Å²) in [6, 6.07) is 4.41. The van der Waals surface area contributed by atoms with E-state index in [-0.39, 0.29) is 29.5 Å². The lowest BCUT2D eigenvalue weighted by Gasteiger charge is -2.11. The third-order valence-electron chi connectivity index (χ3n) is 2.05. The fourth-order valence-electron chi connectivity index (χ4n) is 1.15. The molecule has 3 N–H and O–H groups in total. The van der Waals surface area contributed by atoms with Crippen LogP contribution in [0.4, 0.5) is 5.69 Å². The Labute approximate surface area is 111 Å². The maximum atomic E-state index is 11.8. The minimum Gasteiger partial charge on any atom is -0.329 e. The standard InChI is InChI=1S/C9H13N3O4S.ClH/c1-7(6-10)11-17(15,16)9-4-2-3-8(5-9)12(13)14;/h2-5,7,11H,6,10H2,1H3;1H/t7-;/m0./s1. The lowest BCUT2D eigenvalue weighted by atomic mass is 10.3. The van der Waals surface area contributed by atoms with Crippen LogP contribution in [0, 0.1) is 10.1 Å². The van der Waals surface area contributed by atoms with Crippen molar-refractivity contribution in [2.75, 3.05) is 6.54 Å². The molecule has 0 fully saturated rings. The molecule has 0 amide bonds. The van der Waals surface area contributed by atoms with Crippen molar-refractivity contribution in [3.8, 4) is 0 Å². The van der Waals surface area contributed by atoms with Crippen LogP contribution >= 0.6 is 12.4 Å². The quantitative estimate of drug-likeness (QED) is 0.611. The van der Waals surface area contributed by atoms with Gasteiger partial charge in [-0.25, -0.2) is 13.1 Å². The first-order valence-electron chi connectivity index (χ1n) is 4.83. The van der Waals surface area contributed by atoms with Crippen LogP contribution in [0.1, 0.15) is 6.92 Å². The highest BCUT2D eigenvalue weighted by Crippen LogP contribution is 2.17. The van der Waals surface area contributed by atoms with Gasteiger partial charge in [-0.3, -0.25) is 10.1 Å². The van der Waals surface area contributed by atoms with Gasteiger partial charge in [0, 0.05) is 24.7 Å². The number of benzene rings is 1. The van der Waals surface area contributed by atoms with E-state index < -0.39 is 21.0 Å². The van der Waals surface area contributed by atoms with Crippen LogP contribution < -0.4 is 10.5 Å². The van der Waals surface area contributed by atoms with Crippen molar-refractivity contribution in [3.63, 3.8) is 0 Å². The van der Waals surface area contributed by atoms with E-state index in [2.05, 4.69) is 4.72 Å². The van der Waals surface area contributed by atoms with E-state index in [4.69, 9.17) is 5.73 Å². The first-order chi connectivity index (χ1) is 7.86. The number of nitro groups is 1. The van der Waals surface area contributed by atoms with E-state index in [1.807, 2.05) is 0 Å². The smallest absolute Gasteiger partial charge is 0.270 e. The zero-order chi connectivity index (χ0) is 13.1. The fraction of sp³-hybridized carbons (Fsp3) is 0.333. The van der Waals surface area contributed by atoms with Crippen molar-refractivity contribution < 1.29 is 13.3 Å². The van der Waals surface area contributed by atoms with Crippen LogP contribution in [0.15, 0.2) is 29.2 Å². The average Bonchev–Trinajstić information content (AvgIpc) is 2.28. The van der Waals surface area contributed by atoms with Crippen molar-refractivity contribution in [1.82, 2.24) is 4.72 Å². The van der Waals surface area contributed by atoms with Gasteiger partial charge in [-0.15, -0.1) is 12.4 Å². The van der Waals surface area contributed by atoms with Gasteiger partial charge in [-0.05, 0) is 13.0 Å². The summed E-state index contributed by atoms with van der Waals surface area (Å²) in [5, 5.41) is 10.5. The van der Waals surface area contributed by atoms with Gasteiger partial charge in [0.1, 0.15) is 0 Å². The highest BCUT2D eigenvalue weighted by atomic mass is 35.5. The van der Waals surface area contributed by atoms with Crippen LogP contribution in [-0.4, -0.2) is 25.9 Å². The number of hydrogen-bond acceptors (Lipinski definition) is 5. The topological polar surface area (TPSA) is 115 Å². The predicted molar refractivity (Wildman–Crippen MR) is 69.2 cm³/mol. The van der Waals surface area contributed by atoms with E-state index in [0.717, 1.165) is 6.07 Å². The van der Waals surface area contributed by atoms with Crippen molar-refractivity contribution in [3.05, 3.63) is 34.4 Å². The number of rotatable bonds is 5. The normalized spacial score (nSPS) is 12.6. The number of nitrogens with zero attached hydrogens (tertiary/aromatic N) is 1. The van der Waals surface area contributed by atoms with Gasteiger partial charge in [0.15, 0.2) is 0 Å². The Balaban J connectivity index is 0.00000289. The van der Waals surface area contributed by atoms with Gasteiger partial charge in [-0.2, -0.15) is 0 Å². The summed E-state index contributed by atoms with van der Waals surface area (Å²) < 4.78 is 25.9. The molecule has 102 valence electrons. The van der Waals surface area contributed by atoms with E-state index in [9.17, 15) is 18.5 Å². The van der Waals surface area contributed by atoms with E-state index in [1.165, 1.54) is 18.2 Å². The summed E-state index contributed by atoms with van der Waals surface area (Å²) in [6.45, 7) is 1.75. The Bertz CT molecular complexity index is 520. The number of halogens is 1. The van der Waals surface area contributed by atoms with Crippen LogP contribution in [0.2, 0.25) is 0 Å². The highest BCUT2D eigenvalue weighted by Gasteiger charge is 2.19. The first kappa shape index (κ1) is 16.8. The Morgan fingerprint density at radius 3 is 2.61 bits per heavy atom. The van der Waals surface area contributed by atoms with Crippen LogP contribution in [0.3, 0.4) is 0 Å². The third-order valence-corrected chi connectivity index (χ3v) is 3.64. The largest absolute Gasteiger partial charge is 0.329 e. The molecular weight excluding hydrogens is 282 g/mol. The Hall–Kier alpha value is -1.22. The van der Waals surface area contributed by atoms with E-state index >= 15 is 0 Å². The third kappa shape index (κ3) is 4.22. The summed E-state index contributed by atoms with van der Waals surface area (Å²) in [5.74, 6) is 0. The molecule has 0 spiro atoms. The van der Waals surface area contributed by atoms with Gasteiger partial charge in [0.25, 0.3) is 5.69 Å². The van der Waals surface area contributed by atoms with Crippen molar-refractivity contribution in [2.45, 2.75) is 17.9 Å². The molecule has 0 heterocycles. The van der Waals surface area contributed by atoms with E-state index in [0.29, 0.717) is 0 Å². The van der Waals surface area contributed by atoms with Gasteiger partial charge in [0.2, 0.25) is 10.0 Å². The Kier molecular flexibility index (Phi) is 6.19. The van der Waals surface area contributed by atoms with Crippen LogP contribution in [-0.2, 0) is 10.0 Å². The summed E-state index contributed by atoms with van der Waals surface area (Å²) in [4.78, 5) is 9.74. The molecule has 7 nitrogen and oxygen atoms in total. The average molecular weight is 296 g/mol. The van der Waals surface area contributed by atoms with E-state index in [1.54, 1.807) is 6.92 Å². The molecule has 0 aliphatic carbocycles. The molecule has 0 unspecified atom stereocenters. The summed E-state index contributed by atoms with van der Waals surface area (Å²) in [6.07, 6.45) is 0. The number of non-ortho nitro benzene ring substituents is 1. The minimum absolute atomic E-state index is 0. The SMILES string of the molecule is C[C@@H](CN)NS(=O)(=O)c1cccc([N+](=O)[O-])c1.Cl. The molecule has 1 aromatic carbocycles. The number of nitro benzene ring substituents is 1. The maximum absolute atomic E-state index is 11.8. The molecule has 0 saturated carbocycles. The molecule has 9 heteroatoms. The molecule has 18 heavy (non-hydrogen) atoms. The molecule has 0 saturated heterocycles. The monoisotopic (exact) mass is 295 g/mol. The number of nitrogens with two attached hydrogens (primary N) is 1. The molecule has 1 rings (SSSR count).